The average Bonchev–Trinajstić information content (AvgIpc) is 3.24. The van der Waals surface area contributed by atoms with E-state index >= 15 is 0 Å². The molecule has 2 aromatic heterocycles. The van der Waals surface area contributed by atoms with E-state index in [0.29, 0.717) is 11.0 Å². The number of thioether (sulfide) groups is 1. The number of pyridine rings is 1. The van der Waals surface area contributed by atoms with Gasteiger partial charge in [0.2, 0.25) is 0 Å². The highest BCUT2D eigenvalue weighted by molar-refractivity contribution is 9.10. The maximum atomic E-state index is 12.3. The number of hydrogen-bond donors (Lipinski definition) is 1. The summed E-state index contributed by atoms with van der Waals surface area (Å²) in [4.78, 5) is 16.4. The molecule has 0 unspecified atom stereocenters. The molecule has 0 radical (unpaired) electrons. The summed E-state index contributed by atoms with van der Waals surface area (Å²) < 4.78 is 3.79. The Morgan fingerprint density at radius 2 is 1.78 bits per heavy atom. The van der Waals surface area contributed by atoms with Gasteiger partial charge in [-0.25, -0.2) is 5.43 Å². The topological polar surface area (TPSA) is 85.1 Å². The molecule has 0 aliphatic carbocycles. The monoisotopic (exact) mass is 570 g/mol. The lowest BCUT2D eigenvalue weighted by Crippen LogP contribution is -2.20. The van der Waals surface area contributed by atoms with Crippen molar-refractivity contribution in [3.05, 3.63) is 87.6 Å². The summed E-state index contributed by atoms with van der Waals surface area (Å²) in [6, 6.07) is 19.2. The molecule has 1 amide bonds. The summed E-state index contributed by atoms with van der Waals surface area (Å²) in [5.74, 6) is 0.567. The molecular weight excluding hydrogens is 556 g/mol. The molecule has 0 atom stereocenters. The van der Waals surface area contributed by atoms with Gasteiger partial charge in [-0.1, -0.05) is 61.8 Å². The fourth-order valence-corrected chi connectivity index (χ4v) is 4.19. The molecule has 1 N–H and O–H groups in total. The third-order valence-electron chi connectivity index (χ3n) is 4.29. The van der Waals surface area contributed by atoms with Crippen molar-refractivity contribution in [2.24, 2.45) is 5.10 Å². The minimum Gasteiger partial charge on any atom is -0.272 e. The van der Waals surface area contributed by atoms with Crippen molar-refractivity contribution in [1.82, 2.24) is 25.2 Å². The Balaban J connectivity index is 1.51. The summed E-state index contributed by atoms with van der Waals surface area (Å²) >= 11 is 8.20. The third-order valence-corrected chi connectivity index (χ3v) is 6.47. The van der Waals surface area contributed by atoms with Crippen molar-refractivity contribution < 1.29 is 4.79 Å². The number of halogens is 2. The Morgan fingerprint density at radius 1 is 1.03 bits per heavy atom. The second-order valence-corrected chi connectivity index (χ2v) is 9.17. The Morgan fingerprint density at radius 3 is 2.53 bits per heavy atom. The van der Waals surface area contributed by atoms with Crippen LogP contribution in [0.5, 0.6) is 0 Å². The van der Waals surface area contributed by atoms with E-state index < -0.39 is 0 Å². The summed E-state index contributed by atoms with van der Waals surface area (Å²) in [6.45, 7) is 0. The number of carbonyl (C=O) groups is 1. The van der Waals surface area contributed by atoms with Crippen LogP contribution >= 0.6 is 43.6 Å². The van der Waals surface area contributed by atoms with E-state index in [4.69, 9.17) is 0 Å². The molecule has 2 aromatic carbocycles. The Hall–Kier alpha value is -2.82. The Bertz CT molecular complexity index is 1250. The van der Waals surface area contributed by atoms with Crippen molar-refractivity contribution in [3.8, 4) is 17.1 Å². The second kappa shape index (κ2) is 10.7. The first-order chi connectivity index (χ1) is 15.6. The predicted octanol–water partition coefficient (Wildman–Crippen LogP) is 5.10. The van der Waals surface area contributed by atoms with E-state index in [1.54, 1.807) is 18.6 Å². The van der Waals surface area contributed by atoms with Crippen LogP contribution in [-0.4, -0.2) is 37.6 Å². The molecule has 0 spiro atoms. The number of hydrogen-bond acceptors (Lipinski definition) is 6. The number of rotatable bonds is 7. The quantitative estimate of drug-likeness (QED) is 0.189. The Kier molecular flexibility index (Phi) is 7.46. The van der Waals surface area contributed by atoms with Gasteiger partial charge in [0.15, 0.2) is 11.0 Å². The molecule has 0 saturated heterocycles. The number of aromatic nitrogens is 4. The van der Waals surface area contributed by atoms with E-state index in [9.17, 15) is 4.79 Å². The first-order valence-electron chi connectivity index (χ1n) is 9.43. The van der Waals surface area contributed by atoms with Crippen LogP contribution in [0.25, 0.3) is 17.1 Å². The van der Waals surface area contributed by atoms with E-state index in [1.807, 2.05) is 65.2 Å². The highest BCUT2D eigenvalue weighted by atomic mass is 79.9. The lowest BCUT2D eigenvalue weighted by atomic mass is 10.2. The smallest absolute Gasteiger partial charge is 0.250 e. The maximum absolute atomic E-state index is 12.3. The van der Waals surface area contributed by atoms with Crippen LogP contribution in [0.3, 0.4) is 0 Å². The van der Waals surface area contributed by atoms with E-state index in [-0.39, 0.29) is 11.7 Å². The molecule has 0 fully saturated rings. The zero-order chi connectivity index (χ0) is 22.3. The molecule has 160 valence electrons. The average molecular weight is 572 g/mol. The number of amides is 1. The van der Waals surface area contributed by atoms with Crippen LogP contribution in [0.1, 0.15) is 5.56 Å². The molecular formula is C22H16Br2N6OS. The highest BCUT2D eigenvalue weighted by Gasteiger charge is 2.17. The molecule has 0 bridgehead atoms. The number of benzene rings is 2. The fraction of sp³-hybridized carbons (Fsp3) is 0.0455. The zero-order valence-electron chi connectivity index (χ0n) is 16.5. The van der Waals surface area contributed by atoms with Gasteiger partial charge in [0.25, 0.3) is 5.91 Å². The first-order valence-corrected chi connectivity index (χ1v) is 12.0. The number of nitrogens with zero attached hydrogens (tertiary/aromatic N) is 5. The first kappa shape index (κ1) is 22.4. The molecule has 4 rings (SSSR count). The molecule has 32 heavy (non-hydrogen) atoms. The van der Waals surface area contributed by atoms with Gasteiger partial charge in [-0.05, 0) is 42.5 Å². The van der Waals surface area contributed by atoms with Gasteiger partial charge in [-0.15, -0.1) is 10.2 Å². The van der Waals surface area contributed by atoms with Crippen LogP contribution < -0.4 is 5.43 Å². The molecule has 10 heteroatoms. The van der Waals surface area contributed by atoms with Gasteiger partial charge in [0.1, 0.15) is 0 Å². The largest absolute Gasteiger partial charge is 0.272 e. The molecule has 0 aliphatic rings. The van der Waals surface area contributed by atoms with Crippen molar-refractivity contribution in [2.45, 2.75) is 5.16 Å². The molecule has 0 saturated carbocycles. The summed E-state index contributed by atoms with van der Waals surface area (Å²) in [5.41, 5.74) is 5.19. The minimum absolute atomic E-state index is 0.137. The van der Waals surface area contributed by atoms with Crippen LogP contribution in [0.4, 0.5) is 0 Å². The van der Waals surface area contributed by atoms with Crippen LogP contribution in [0.2, 0.25) is 0 Å². The molecule has 7 nitrogen and oxygen atoms in total. The van der Waals surface area contributed by atoms with Gasteiger partial charge in [0.05, 0.1) is 12.0 Å². The molecule has 4 aromatic rings. The van der Waals surface area contributed by atoms with E-state index in [2.05, 4.69) is 57.6 Å². The maximum Gasteiger partial charge on any atom is 0.250 e. The molecule has 2 heterocycles. The minimum atomic E-state index is -0.242. The lowest BCUT2D eigenvalue weighted by molar-refractivity contribution is -0.118. The predicted molar refractivity (Wildman–Crippen MR) is 133 cm³/mol. The van der Waals surface area contributed by atoms with Gasteiger partial charge >= 0.3 is 0 Å². The summed E-state index contributed by atoms with van der Waals surface area (Å²) in [7, 11) is 0. The fourth-order valence-electron chi connectivity index (χ4n) is 2.79. The zero-order valence-corrected chi connectivity index (χ0v) is 20.5. The lowest BCUT2D eigenvalue weighted by Gasteiger charge is -2.10. The van der Waals surface area contributed by atoms with Gasteiger partial charge in [0, 0.05) is 38.2 Å². The van der Waals surface area contributed by atoms with Crippen LogP contribution in [0, 0.1) is 0 Å². The standard InChI is InChI=1S/C22H16Br2N6OS/c23-17-5-7-18(8-6-17)30-21(15-9-11-25-12-10-15)28-29-22(30)32-14-20(31)27-26-13-16-3-1-2-4-19(16)24/h1-13H,14H2,(H,27,31)/b26-13-. The summed E-state index contributed by atoms with van der Waals surface area (Å²) in [6.07, 6.45) is 5.01. The van der Waals surface area contributed by atoms with Gasteiger partial charge < -0.3 is 0 Å². The van der Waals surface area contributed by atoms with Crippen LogP contribution in [-0.2, 0) is 4.79 Å². The van der Waals surface area contributed by atoms with Crippen LogP contribution in [0.15, 0.2) is 92.3 Å². The SMILES string of the molecule is O=C(CSc1nnc(-c2ccncc2)n1-c1ccc(Br)cc1)N/N=C\c1ccccc1Br. The number of carbonyl (C=O) groups excluding carboxylic acids is 1. The normalized spacial score (nSPS) is 11.1. The van der Waals surface area contributed by atoms with Crippen molar-refractivity contribution in [3.63, 3.8) is 0 Å². The highest BCUT2D eigenvalue weighted by Crippen LogP contribution is 2.28. The number of nitrogens with one attached hydrogen (secondary N) is 1. The van der Waals surface area contributed by atoms with Gasteiger partial charge in [-0.2, -0.15) is 5.10 Å². The van der Waals surface area contributed by atoms with Gasteiger partial charge in [-0.3, -0.25) is 14.3 Å². The summed E-state index contributed by atoms with van der Waals surface area (Å²) in [5, 5.41) is 13.3. The second-order valence-electron chi connectivity index (χ2n) is 6.46. The molecule has 0 aliphatic heterocycles. The Labute approximate surface area is 205 Å². The van der Waals surface area contributed by atoms with E-state index in [1.165, 1.54) is 11.8 Å². The van der Waals surface area contributed by atoms with Crippen molar-refractivity contribution in [2.75, 3.05) is 5.75 Å². The number of hydrazone groups is 1. The van der Waals surface area contributed by atoms with E-state index in [0.717, 1.165) is 25.8 Å². The van der Waals surface area contributed by atoms with Crippen molar-refractivity contribution in [1.29, 1.82) is 0 Å². The van der Waals surface area contributed by atoms with Crippen molar-refractivity contribution >= 4 is 55.7 Å². The third kappa shape index (κ3) is 5.50.